The molecule has 0 aliphatic heterocycles. The van der Waals surface area contributed by atoms with Crippen LogP contribution < -0.4 is 14.9 Å². The quantitative estimate of drug-likeness (QED) is 0.195. The molecule has 3 aromatic carbocycles. The summed E-state index contributed by atoms with van der Waals surface area (Å²) in [6.45, 7) is 3.30. The van der Waals surface area contributed by atoms with Crippen LogP contribution in [0.4, 0.5) is 18.9 Å². The third kappa shape index (κ3) is 5.13. The third-order valence-electron chi connectivity index (χ3n) is 5.26. The molecule has 0 bridgehead atoms. The van der Waals surface area contributed by atoms with E-state index in [0.717, 1.165) is 6.07 Å². The maximum atomic E-state index is 13.8. The van der Waals surface area contributed by atoms with Crippen molar-refractivity contribution in [2.45, 2.75) is 26.6 Å². The van der Waals surface area contributed by atoms with Crippen LogP contribution in [0.5, 0.6) is 17.2 Å². The number of nitrogens with zero attached hydrogens (tertiary/aromatic N) is 1. The Balaban J connectivity index is 1.69. The molecule has 0 fully saturated rings. The van der Waals surface area contributed by atoms with Gasteiger partial charge in [-0.05, 0) is 66.9 Å². The van der Waals surface area contributed by atoms with Gasteiger partial charge >= 0.3 is 6.18 Å². The van der Waals surface area contributed by atoms with Crippen LogP contribution in [0.2, 0.25) is 5.02 Å². The van der Waals surface area contributed by atoms with Gasteiger partial charge in [-0.2, -0.15) is 13.2 Å². The molecule has 0 atom stereocenters. The summed E-state index contributed by atoms with van der Waals surface area (Å²) in [4.78, 5) is 23.2. The molecular weight excluding hydrogens is 503 g/mol. The van der Waals surface area contributed by atoms with Gasteiger partial charge in [0.05, 0.1) is 10.3 Å². The summed E-state index contributed by atoms with van der Waals surface area (Å²) in [6.07, 6.45) is -5.02. The topological polar surface area (TPSA) is 91.8 Å². The SMILES string of the molecule is Cc1cc(Oc2c(C(F)(F)F)oc3cc(OCc4ccc([N+](=O)[O-])cc4)ccc3c2=O)cc(C)c1Cl. The van der Waals surface area contributed by atoms with Gasteiger partial charge in [-0.3, -0.25) is 14.9 Å². The highest BCUT2D eigenvalue weighted by Crippen LogP contribution is 2.39. The molecule has 0 saturated heterocycles. The number of hydrogen-bond acceptors (Lipinski definition) is 6. The molecule has 0 aliphatic carbocycles. The first kappa shape index (κ1) is 25.1. The Morgan fingerprint density at radius 3 is 2.22 bits per heavy atom. The van der Waals surface area contributed by atoms with Crippen molar-refractivity contribution in [3.63, 3.8) is 0 Å². The normalized spacial score (nSPS) is 11.5. The number of non-ortho nitro benzene ring substituents is 1. The molecule has 0 unspecified atom stereocenters. The van der Waals surface area contributed by atoms with Crippen molar-refractivity contribution < 1.29 is 32.0 Å². The summed E-state index contributed by atoms with van der Waals surface area (Å²) in [5.41, 5.74) is 0.295. The lowest BCUT2D eigenvalue weighted by Gasteiger charge is -2.15. The lowest BCUT2D eigenvalue weighted by molar-refractivity contribution is -0.384. The van der Waals surface area contributed by atoms with Crippen molar-refractivity contribution in [1.82, 2.24) is 0 Å². The predicted molar refractivity (Wildman–Crippen MR) is 126 cm³/mol. The molecule has 7 nitrogen and oxygen atoms in total. The fraction of sp³-hybridized carbons (Fsp3) is 0.160. The molecule has 0 radical (unpaired) electrons. The highest BCUT2D eigenvalue weighted by atomic mass is 35.5. The fourth-order valence-corrected chi connectivity index (χ4v) is 3.60. The number of fused-ring (bicyclic) bond motifs is 1. The average molecular weight is 520 g/mol. The van der Waals surface area contributed by atoms with E-state index in [1.807, 2.05) is 0 Å². The molecule has 0 spiro atoms. The number of alkyl halides is 3. The molecule has 11 heteroatoms. The maximum Gasteiger partial charge on any atom is 0.453 e. The van der Waals surface area contributed by atoms with Crippen molar-refractivity contribution in [1.29, 1.82) is 0 Å². The van der Waals surface area contributed by atoms with E-state index in [4.69, 9.17) is 25.5 Å². The van der Waals surface area contributed by atoms with E-state index in [0.29, 0.717) is 21.7 Å². The van der Waals surface area contributed by atoms with E-state index in [1.165, 1.54) is 48.5 Å². The summed E-state index contributed by atoms with van der Waals surface area (Å²) >= 11 is 6.11. The van der Waals surface area contributed by atoms with Gasteiger partial charge in [0.15, 0.2) is 0 Å². The second-order valence-electron chi connectivity index (χ2n) is 7.93. The zero-order valence-corrected chi connectivity index (χ0v) is 19.6. The van der Waals surface area contributed by atoms with Crippen molar-refractivity contribution in [3.05, 3.63) is 102 Å². The van der Waals surface area contributed by atoms with Gasteiger partial charge in [-0.15, -0.1) is 0 Å². The second-order valence-corrected chi connectivity index (χ2v) is 8.31. The van der Waals surface area contributed by atoms with Crippen LogP contribution in [0.3, 0.4) is 0 Å². The smallest absolute Gasteiger partial charge is 0.453 e. The number of halogens is 4. The Labute approximate surface area is 206 Å². The van der Waals surface area contributed by atoms with Crippen molar-refractivity contribution in [2.24, 2.45) is 0 Å². The lowest BCUT2D eigenvalue weighted by atomic mass is 10.1. The van der Waals surface area contributed by atoms with Gasteiger partial charge in [0.25, 0.3) is 11.4 Å². The molecule has 0 N–H and O–H groups in total. The van der Waals surface area contributed by atoms with Crippen LogP contribution >= 0.6 is 11.6 Å². The molecule has 36 heavy (non-hydrogen) atoms. The molecule has 186 valence electrons. The number of benzene rings is 3. The van der Waals surface area contributed by atoms with E-state index >= 15 is 0 Å². The Hall–Kier alpha value is -4.05. The number of rotatable bonds is 6. The number of hydrogen-bond donors (Lipinski definition) is 0. The van der Waals surface area contributed by atoms with Gasteiger partial charge in [0.1, 0.15) is 23.7 Å². The summed E-state index contributed by atoms with van der Waals surface area (Å²) in [5.74, 6) is -2.43. The van der Waals surface area contributed by atoms with Gasteiger partial charge in [-0.25, -0.2) is 0 Å². The van der Waals surface area contributed by atoms with Gasteiger partial charge in [-0.1, -0.05) is 11.6 Å². The molecule has 0 aliphatic rings. The molecule has 0 amide bonds. The fourth-order valence-electron chi connectivity index (χ4n) is 3.49. The Morgan fingerprint density at radius 1 is 1.00 bits per heavy atom. The molecule has 1 heterocycles. The van der Waals surface area contributed by atoms with Crippen molar-refractivity contribution >= 4 is 28.3 Å². The maximum absolute atomic E-state index is 13.8. The summed E-state index contributed by atoms with van der Waals surface area (Å²) < 4.78 is 57.5. The van der Waals surface area contributed by atoms with E-state index in [-0.39, 0.29) is 34.8 Å². The Bertz CT molecular complexity index is 1510. The summed E-state index contributed by atoms with van der Waals surface area (Å²) in [5, 5.41) is 11.1. The minimum atomic E-state index is -5.02. The van der Waals surface area contributed by atoms with Crippen molar-refractivity contribution in [2.75, 3.05) is 0 Å². The van der Waals surface area contributed by atoms with Crippen molar-refractivity contribution in [3.8, 4) is 17.2 Å². The summed E-state index contributed by atoms with van der Waals surface area (Å²) in [7, 11) is 0. The van der Waals surface area contributed by atoms with E-state index in [9.17, 15) is 28.1 Å². The van der Waals surface area contributed by atoms with E-state index in [1.54, 1.807) is 13.8 Å². The molecule has 4 aromatic rings. The summed E-state index contributed by atoms with van der Waals surface area (Å²) in [6, 6.07) is 12.3. The van der Waals surface area contributed by atoms with Crippen LogP contribution in [0.25, 0.3) is 11.0 Å². The lowest BCUT2D eigenvalue weighted by Crippen LogP contribution is -2.15. The largest absolute Gasteiger partial charge is 0.489 e. The standard InChI is InChI=1S/C25H17ClF3NO6/c1-13-9-18(10-14(2)21(13)26)35-23-22(31)19-8-7-17(11-20(19)36-24(23)25(27,28)29)34-12-15-3-5-16(6-4-15)30(32)33/h3-11H,12H2,1-2H3. The first-order valence-electron chi connectivity index (χ1n) is 10.4. The van der Waals surface area contributed by atoms with E-state index < -0.39 is 28.0 Å². The first-order chi connectivity index (χ1) is 16.9. The molecule has 4 rings (SSSR count). The zero-order chi connectivity index (χ0) is 26.2. The molecular formula is C25H17ClF3NO6. The van der Waals surface area contributed by atoms with Crippen LogP contribution in [0, 0.1) is 24.0 Å². The van der Waals surface area contributed by atoms with Gasteiger partial charge in [0, 0.05) is 23.2 Å². The van der Waals surface area contributed by atoms with Crippen LogP contribution in [-0.2, 0) is 12.8 Å². The first-order valence-corrected chi connectivity index (χ1v) is 10.8. The van der Waals surface area contributed by atoms with Crippen LogP contribution in [-0.4, -0.2) is 4.92 Å². The highest BCUT2D eigenvalue weighted by molar-refractivity contribution is 6.32. The predicted octanol–water partition coefficient (Wildman–Crippen LogP) is 7.36. The van der Waals surface area contributed by atoms with Crippen LogP contribution in [0.1, 0.15) is 22.5 Å². The average Bonchev–Trinajstić information content (AvgIpc) is 2.82. The number of nitro groups is 1. The third-order valence-corrected chi connectivity index (χ3v) is 5.86. The highest BCUT2D eigenvalue weighted by Gasteiger charge is 2.40. The van der Waals surface area contributed by atoms with Crippen LogP contribution in [0.15, 0.2) is 63.8 Å². The molecule has 1 aromatic heterocycles. The Kier molecular flexibility index (Phi) is 6.64. The number of nitro benzene ring substituents is 1. The minimum absolute atomic E-state index is 0.00889. The zero-order valence-electron chi connectivity index (χ0n) is 18.8. The number of ether oxygens (including phenoxy) is 2. The van der Waals surface area contributed by atoms with Gasteiger partial charge < -0.3 is 13.9 Å². The second kappa shape index (κ2) is 9.54. The van der Waals surface area contributed by atoms with Gasteiger partial charge in [0.2, 0.25) is 11.2 Å². The van der Waals surface area contributed by atoms with E-state index in [2.05, 4.69) is 0 Å². The number of aryl methyl sites for hydroxylation is 2. The monoisotopic (exact) mass is 519 g/mol. The Morgan fingerprint density at radius 2 is 1.64 bits per heavy atom. The minimum Gasteiger partial charge on any atom is -0.489 e. The molecule has 0 saturated carbocycles.